The zero-order valence-corrected chi connectivity index (χ0v) is 19.3. The van der Waals surface area contributed by atoms with Gasteiger partial charge in [0.05, 0.1) is 32.7 Å². The summed E-state index contributed by atoms with van der Waals surface area (Å²) in [5.74, 6) is -0.181. The van der Waals surface area contributed by atoms with Crippen molar-refractivity contribution in [1.82, 2.24) is 9.62 Å². The van der Waals surface area contributed by atoms with E-state index in [9.17, 15) is 18.0 Å². The minimum Gasteiger partial charge on any atom is -0.497 e. The largest absolute Gasteiger partial charge is 0.497 e. The molecule has 1 aliphatic heterocycles. The number of methoxy groups -OCH3 is 2. The van der Waals surface area contributed by atoms with Gasteiger partial charge in [0.15, 0.2) is 0 Å². The van der Waals surface area contributed by atoms with Crippen molar-refractivity contribution in [3.8, 4) is 11.5 Å². The standard InChI is InChI=1S/C22H27N3O6S/c1-22(21(27)23-13-16-8-6-5-7-9-16)15-24(32(4,28)29)14-20(26)25(22)18-11-10-17(30-2)12-19(18)31-3/h5-12H,13-15H2,1-4H3,(H,23,27)/t22-/m0/s1. The molecule has 1 saturated heterocycles. The molecule has 1 heterocycles. The molecule has 0 radical (unpaired) electrons. The van der Waals surface area contributed by atoms with E-state index in [1.165, 1.54) is 19.1 Å². The predicted molar refractivity (Wildman–Crippen MR) is 120 cm³/mol. The van der Waals surface area contributed by atoms with Gasteiger partial charge in [0.1, 0.15) is 17.0 Å². The molecule has 0 spiro atoms. The van der Waals surface area contributed by atoms with Crippen molar-refractivity contribution in [3.63, 3.8) is 0 Å². The quantitative estimate of drug-likeness (QED) is 0.668. The number of anilines is 1. The maximum atomic E-state index is 13.4. The Balaban J connectivity index is 2.03. The molecule has 2 amide bonds. The number of rotatable bonds is 7. The zero-order chi connectivity index (χ0) is 23.5. The SMILES string of the molecule is COc1ccc(N2C(=O)CN(S(C)(=O)=O)C[C@@]2(C)C(=O)NCc2ccccc2)c(OC)c1. The van der Waals surface area contributed by atoms with Crippen LogP contribution in [0.15, 0.2) is 48.5 Å². The van der Waals surface area contributed by atoms with E-state index in [2.05, 4.69) is 5.32 Å². The van der Waals surface area contributed by atoms with Crippen LogP contribution in [-0.4, -0.2) is 63.6 Å². The van der Waals surface area contributed by atoms with Gasteiger partial charge in [-0.15, -0.1) is 0 Å². The van der Waals surface area contributed by atoms with E-state index in [-0.39, 0.29) is 19.6 Å². The van der Waals surface area contributed by atoms with Crippen LogP contribution < -0.4 is 19.7 Å². The van der Waals surface area contributed by atoms with E-state index in [0.29, 0.717) is 17.2 Å². The van der Waals surface area contributed by atoms with Crippen LogP contribution in [0.2, 0.25) is 0 Å². The van der Waals surface area contributed by atoms with Crippen LogP contribution in [0.4, 0.5) is 5.69 Å². The van der Waals surface area contributed by atoms with Crippen LogP contribution in [0.5, 0.6) is 11.5 Å². The number of amides is 2. The van der Waals surface area contributed by atoms with Crippen LogP contribution in [0.3, 0.4) is 0 Å². The number of carbonyl (C=O) groups excluding carboxylic acids is 2. The fraction of sp³-hybridized carbons (Fsp3) is 0.364. The summed E-state index contributed by atoms with van der Waals surface area (Å²) in [5.41, 5.74) is -0.293. The first kappa shape index (κ1) is 23.6. The third kappa shape index (κ3) is 4.71. The molecule has 172 valence electrons. The summed E-state index contributed by atoms with van der Waals surface area (Å²) in [6.45, 7) is 1.20. The Labute approximate surface area is 188 Å². The van der Waals surface area contributed by atoms with E-state index < -0.39 is 27.4 Å². The lowest BCUT2D eigenvalue weighted by atomic mass is 9.94. The molecule has 9 nitrogen and oxygen atoms in total. The molecule has 1 aliphatic rings. The summed E-state index contributed by atoms with van der Waals surface area (Å²) in [4.78, 5) is 28.0. The van der Waals surface area contributed by atoms with Crippen molar-refractivity contribution >= 4 is 27.5 Å². The van der Waals surface area contributed by atoms with E-state index in [1.807, 2.05) is 30.3 Å². The Morgan fingerprint density at radius 1 is 1.12 bits per heavy atom. The Morgan fingerprint density at radius 3 is 2.41 bits per heavy atom. The monoisotopic (exact) mass is 461 g/mol. The Kier molecular flexibility index (Phi) is 6.75. The molecule has 1 N–H and O–H groups in total. The number of ether oxygens (including phenoxy) is 2. The van der Waals surface area contributed by atoms with E-state index in [1.54, 1.807) is 25.1 Å². The molecule has 32 heavy (non-hydrogen) atoms. The van der Waals surface area contributed by atoms with Crippen LogP contribution in [0.25, 0.3) is 0 Å². The molecule has 0 saturated carbocycles. The van der Waals surface area contributed by atoms with Gasteiger partial charge in [-0.05, 0) is 24.6 Å². The first-order chi connectivity index (χ1) is 15.1. The normalized spacial score (nSPS) is 19.5. The zero-order valence-electron chi connectivity index (χ0n) is 18.5. The summed E-state index contributed by atoms with van der Waals surface area (Å²) in [5, 5.41) is 2.84. The summed E-state index contributed by atoms with van der Waals surface area (Å²) in [6, 6.07) is 14.2. The smallest absolute Gasteiger partial charge is 0.247 e. The molecular weight excluding hydrogens is 434 g/mol. The van der Waals surface area contributed by atoms with Gasteiger partial charge in [-0.1, -0.05) is 30.3 Å². The maximum absolute atomic E-state index is 13.4. The number of sulfonamides is 1. The minimum atomic E-state index is -3.71. The van der Waals surface area contributed by atoms with Gasteiger partial charge in [-0.3, -0.25) is 14.5 Å². The molecule has 0 aromatic heterocycles. The van der Waals surface area contributed by atoms with Gasteiger partial charge in [0.25, 0.3) is 0 Å². The van der Waals surface area contributed by atoms with Crippen LogP contribution in [0, 0.1) is 0 Å². The summed E-state index contributed by atoms with van der Waals surface area (Å²) in [7, 11) is -0.756. The minimum absolute atomic E-state index is 0.201. The summed E-state index contributed by atoms with van der Waals surface area (Å²) >= 11 is 0. The number of hydrogen-bond donors (Lipinski definition) is 1. The lowest BCUT2D eigenvalue weighted by Crippen LogP contribution is -2.70. The second kappa shape index (κ2) is 9.17. The topological polar surface area (TPSA) is 105 Å². The Bertz CT molecular complexity index is 1110. The lowest BCUT2D eigenvalue weighted by Gasteiger charge is -2.46. The van der Waals surface area contributed by atoms with Crippen molar-refractivity contribution in [1.29, 1.82) is 0 Å². The molecule has 0 bridgehead atoms. The first-order valence-corrected chi connectivity index (χ1v) is 11.8. The fourth-order valence-corrected chi connectivity index (χ4v) is 4.54. The highest BCUT2D eigenvalue weighted by molar-refractivity contribution is 7.88. The average molecular weight is 462 g/mol. The number of nitrogens with zero attached hydrogens (tertiary/aromatic N) is 2. The van der Waals surface area contributed by atoms with E-state index in [4.69, 9.17) is 9.47 Å². The van der Waals surface area contributed by atoms with Crippen LogP contribution in [-0.2, 0) is 26.2 Å². The van der Waals surface area contributed by atoms with E-state index in [0.717, 1.165) is 16.1 Å². The number of benzene rings is 2. The van der Waals surface area contributed by atoms with Crippen molar-refractivity contribution in [2.45, 2.75) is 19.0 Å². The summed E-state index contributed by atoms with van der Waals surface area (Å²) in [6.07, 6.45) is 1.02. The number of hydrogen-bond acceptors (Lipinski definition) is 6. The van der Waals surface area contributed by atoms with Gasteiger partial charge < -0.3 is 14.8 Å². The molecule has 3 rings (SSSR count). The highest BCUT2D eigenvalue weighted by Crippen LogP contribution is 2.38. The van der Waals surface area contributed by atoms with Crippen LogP contribution in [0.1, 0.15) is 12.5 Å². The van der Waals surface area contributed by atoms with Crippen molar-refractivity contribution in [3.05, 3.63) is 54.1 Å². The molecule has 2 aromatic carbocycles. The second-order valence-electron chi connectivity index (χ2n) is 7.74. The van der Waals surface area contributed by atoms with Gasteiger partial charge in [-0.2, -0.15) is 4.31 Å². The third-order valence-electron chi connectivity index (χ3n) is 5.42. The van der Waals surface area contributed by atoms with Gasteiger partial charge in [-0.25, -0.2) is 8.42 Å². The molecule has 0 unspecified atom stereocenters. The number of carbonyl (C=O) groups is 2. The molecular formula is C22H27N3O6S. The molecule has 0 aliphatic carbocycles. The fourth-order valence-electron chi connectivity index (χ4n) is 3.71. The van der Waals surface area contributed by atoms with Crippen molar-refractivity contribution in [2.24, 2.45) is 0 Å². The van der Waals surface area contributed by atoms with Crippen molar-refractivity contribution in [2.75, 3.05) is 38.5 Å². The van der Waals surface area contributed by atoms with Gasteiger partial charge >= 0.3 is 0 Å². The van der Waals surface area contributed by atoms with Gasteiger partial charge in [0, 0.05) is 19.2 Å². The maximum Gasteiger partial charge on any atom is 0.247 e. The van der Waals surface area contributed by atoms with Crippen molar-refractivity contribution < 1.29 is 27.5 Å². The average Bonchev–Trinajstić information content (AvgIpc) is 2.77. The first-order valence-electron chi connectivity index (χ1n) is 9.92. The van der Waals surface area contributed by atoms with Crippen LogP contribution >= 0.6 is 0 Å². The number of nitrogens with one attached hydrogen (secondary N) is 1. The Morgan fingerprint density at radius 2 is 1.81 bits per heavy atom. The molecule has 2 aromatic rings. The Hall–Kier alpha value is -3.11. The predicted octanol–water partition coefficient (Wildman–Crippen LogP) is 1.39. The highest BCUT2D eigenvalue weighted by Gasteiger charge is 2.51. The molecule has 1 atom stereocenters. The molecule has 10 heteroatoms. The summed E-state index contributed by atoms with van der Waals surface area (Å²) < 4.78 is 36.2. The van der Waals surface area contributed by atoms with Gasteiger partial charge in [0.2, 0.25) is 21.8 Å². The lowest BCUT2D eigenvalue weighted by molar-refractivity contribution is -0.133. The third-order valence-corrected chi connectivity index (χ3v) is 6.62. The van der Waals surface area contributed by atoms with E-state index >= 15 is 0 Å². The molecule has 1 fully saturated rings. The number of piperazine rings is 1. The second-order valence-corrected chi connectivity index (χ2v) is 9.72. The highest BCUT2D eigenvalue weighted by atomic mass is 32.2.